The molecule has 1 aliphatic rings. The first-order chi connectivity index (χ1) is 13.8. The molecular weight excluding hydrogens is 372 g/mol. The highest BCUT2D eigenvalue weighted by atomic mass is 32.2. The quantitative estimate of drug-likeness (QED) is 0.413. The lowest BCUT2D eigenvalue weighted by Crippen LogP contribution is -2.14. The van der Waals surface area contributed by atoms with Crippen LogP contribution in [0.25, 0.3) is 10.8 Å². The fourth-order valence-corrected chi connectivity index (χ4v) is 4.14. The van der Waals surface area contributed by atoms with Crippen LogP contribution in [0.3, 0.4) is 0 Å². The number of fused-ring (bicyclic) bond motifs is 2. The van der Waals surface area contributed by atoms with E-state index in [0.717, 1.165) is 28.6 Å². The largest absolute Gasteiger partial charge is 0.454 e. The molecule has 28 heavy (non-hydrogen) atoms. The molecule has 5 rings (SSSR count). The predicted octanol–water partition coefficient (Wildman–Crippen LogP) is 3.76. The van der Waals surface area contributed by atoms with Crippen molar-refractivity contribution in [3.05, 3.63) is 77.6 Å². The van der Waals surface area contributed by atoms with Crippen molar-refractivity contribution in [1.82, 2.24) is 14.9 Å². The Morgan fingerprint density at radius 1 is 0.964 bits per heavy atom. The van der Waals surface area contributed by atoms with Gasteiger partial charge in [-0.25, -0.2) is 4.68 Å². The Balaban J connectivity index is 1.33. The van der Waals surface area contributed by atoms with E-state index in [4.69, 9.17) is 15.3 Å². The summed E-state index contributed by atoms with van der Waals surface area (Å²) in [6, 6.07) is 20.5. The van der Waals surface area contributed by atoms with Gasteiger partial charge in [0, 0.05) is 12.2 Å². The highest BCUT2D eigenvalue weighted by Gasteiger charge is 2.15. The van der Waals surface area contributed by atoms with E-state index in [1.54, 1.807) is 16.4 Å². The van der Waals surface area contributed by atoms with Gasteiger partial charge in [0.25, 0.3) is 0 Å². The number of benzene rings is 3. The van der Waals surface area contributed by atoms with Crippen LogP contribution in [0.15, 0.2) is 65.8 Å². The Bertz CT molecular complexity index is 1150. The Hall–Kier alpha value is -3.19. The van der Waals surface area contributed by atoms with Gasteiger partial charge in [-0.1, -0.05) is 60.3 Å². The molecule has 0 bridgehead atoms. The smallest absolute Gasteiger partial charge is 0.231 e. The van der Waals surface area contributed by atoms with Gasteiger partial charge in [0.15, 0.2) is 17.3 Å². The second-order valence-corrected chi connectivity index (χ2v) is 7.50. The lowest BCUT2D eigenvalue weighted by molar-refractivity contribution is 0.174. The van der Waals surface area contributed by atoms with Crippen molar-refractivity contribution in [3.8, 4) is 11.5 Å². The molecule has 0 fully saturated rings. The summed E-state index contributed by atoms with van der Waals surface area (Å²) >= 11 is 1.55. The number of hydrogen-bond acceptors (Lipinski definition) is 6. The summed E-state index contributed by atoms with van der Waals surface area (Å²) in [6.45, 7) is 0.278. The average Bonchev–Trinajstić information content (AvgIpc) is 3.33. The van der Waals surface area contributed by atoms with Crippen LogP contribution in [-0.2, 0) is 12.2 Å². The van der Waals surface area contributed by atoms with Gasteiger partial charge in [0.05, 0.1) is 0 Å². The van der Waals surface area contributed by atoms with Crippen LogP contribution in [0.1, 0.15) is 17.0 Å². The summed E-state index contributed by atoms with van der Waals surface area (Å²) in [5.41, 5.74) is 2.30. The maximum absolute atomic E-state index is 6.28. The second kappa shape index (κ2) is 7.09. The minimum absolute atomic E-state index is 0.278. The summed E-state index contributed by atoms with van der Waals surface area (Å²) in [5.74, 6) is 9.31. The molecule has 7 heteroatoms. The molecule has 1 aliphatic heterocycles. The topological polar surface area (TPSA) is 75.2 Å². The number of ether oxygens (including phenoxy) is 2. The molecule has 3 aromatic carbocycles. The number of nitrogens with zero attached hydrogens (tertiary/aromatic N) is 3. The molecule has 0 spiro atoms. The molecule has 1 aromatic heterocycles. The Morgan fingerprint density at radius 2 is 1.82 bits per heavy atom. The van der Waals surface area contributed by atoms with Crippen LogP contribution in [0.2, 0.25) is 0 Å². The first-order valence-corrected chi connectivity index (χ1v) is 9.94. The Morgan fingerprint density at radius 3 is 2.79 bits per heavy atom. The number of hydrogen-bond donors (Lipinski definition) is 1. The fraction of sp³-hybridized carbons (Fsp3) is 0.143. The molecule has 0 atom stereocenters. The van der Waals surface area contributed by atoms with Gasteiger partial charge < -0.3 is 15.3 Å². The van der Waals surface area contributed by atoms with Crippen molar-refractivity contribution in [2.75, 3.05) is 12.6 Å². The lowest BCUT2D eigenvalue weighted by Gasteiger charge is -2.07. The van der Waals surface area contributed by atoms with E-state index in [0.29, 0.717) is 11.6 Å². The maximum atomic E-state index is 6.28. The van der Waals surface area contributed by atoms with E-state index in [1.165, 1.54) is 16.3 Å². The first-order valence-electron chi connectivity index (χ1n) is 8.95. The van der Waals surface area contributed by atoms with Crippen molar-refractivity contribution < 1.29 is 9.47 Å². The Kier molecular flexibility index (Phi) is 4.29. The van der Waals surface area contributed by atoms with E-state index in [1.807, 2.05) is 30.3 Å². The molecule has 6 nitrogen and oxygen atoms in total. The third kappa shape index (κ3) is 3.14. The molecule has 0 amide bonds. The summed E-state index contributed by atoms with van der Waals surface area (Å²) in [5, 5.41) is 11.7. The standard InChI is InChI=1S/C21H18N4O2S/c22-25-20(11-16-6-3-5-15-4-1-2-7-17(15)16)23-24-21(25)28-12-14-8-9-18-19(10-14)27-13-26-18/h1-10H,11-13,22H2. The fourth-order valence-electron chi connectivity index (χ4n) is 3.32. The van der Waals surface area contributed by atoms with E-state index in [9.17, 15) is 0 Å². The zero-order valence-corrected chi connectivity index (χ0v) is 15.9. The van der Waals surface area contributed by atoms with Crippen molar-refractivity contribution in [2.24, 2.45) is 0 Å². The van der Waals surface area contributed by atoms with Gasteiger partial charge in [0.2, 0.25) is 11.9 Å². The zero-order valence-electron chi connectivity index (χ0n) is 15.0. The second-order valence-electron chi connectivity index (χ2n) is 6.56. The van der Waals surface area contributed by atoms with Gasteiger partial charge in [-0.15, -0.1) is 10.2 Å². The minimum Gasteiger partial charge on any atom is -0.454 e. The summed E-state index contributed by atoms with van der Waals surface area (Å²) < 4.78 is 12.4. The first kappa shape index (κ1) is 16.9. The van der Waals surface area contributed by atoms with E-state index < -0.39 is 0 Å². The summed E-state index contributed by atoms with van der Waals surface area (Å²) in [4.78, 5) is 0. The third-order valence-corrected chi connectivity index (χ3v) is 5.78. The van der Waals surface area contributed by atoms with Gasteiger partial charge in [-0.2, -0.15) is 0 Å². The number of rotatable bonds is 5. The molecule has 2 N–H and O–H groups in total. The molecule has 0 aliphatic carbocycles. The minimum atomic E-state index is 0.278. The van der Waals surface area contributed by atoms with E-state index >= 15 is 0 Å². The van der Waals surface area contributed by atoms with Gasteiger partial charge in [-0.05, 0) is 34.0 Å². The molecule has 2 heterocycles. The predicted molar refractivity (Wildman–Crippen MR) is 109 cm³/mol. The van der Waals surface area contributed by atoms with Crippen LogP contribution in [-0.4, -0.2) is 21.7 Å². The molecule has 0 saturated heterocycles. The van der Waals surface area contributed by atoms with Crippen molar-refractivity contribution in [1.29, 1.82) is 0 Å². The summed E-state index contributed by atoms with van der Waals surface area (Å²) in [6.07, 6.45) is 0.634. The number of nitrogens with two attached hydrogens (primary N) is 1. The molecular formula is C21H18N4O2S. The number of nitrogen functional groups attached to an aromatic ring is 1. The maximum Gasteiger partial charge on any atom is 0.231 e. The van der Waals surface area contributed by atoms with Gasteiger partial charge >= 0.3 is 0 Å². The highest BCUT2D eigenvalue weighted by molar-refractivity contribution is 7.98. The summed E-state index contributed by atoms with van der Waals surface area (Å²) in [7, 11) is 0. The van der Waals surface area contributed by atoms with Crippen molar-refractivity contribution >= 4 is 22.5 Å². The van der Waals surface area contributed by atoms with Crippen LogP contribution >= 0.6 is 11.8 Å². The van der Waals surface area contributed by atoms with Crippen LogP contribution in [0.4, 0.5) is 0 Å². The lowest BCUT2D eigenvalue weighted by atomic mass is 10.0. The number of aromatic nitrogens is 3. The van der Waals surface area contributed by atoms with Crippen LogP contribution < -0.4 is 15.3 Å². The van der Waals surface area contributed by atoms with Crippen LogP contribution in [0.5, 0.6) is 11.5 Å². The Labute approximate surface area is 166 Å². The zero-order chi connectivity index (χ0) is 18.9. The monoisotopic (exact) mass is 390 g/mol. The molecule has 4 aromatic rings. The number of thioether (sulfide) groups is 1. The van der Waals surface area contributed by atoms with Crippen molar-refractivity contribution in [2.45, 2.75) is 17.3 Å². The van der Waals surface area contributed by atoms with E-state index in [-0.39, 0.29) is 6.79 Å². The normalized spacial score (nSPS) is 12.6. The molecule has 0 saturated carbocycles. The third-order valence-electron chi connectivity index (χ3n) is 4.77. The molecule has 140 valence electrons. The average molecular weight is 390 g/mol. The van der Waals surface area contributed by atoms with Gasteiger partial charge in [0.1, 0.15) is 0 Å². The highest BCUT2D eigenvalue weighted by Crippen LogP contribution is 2.34. The molecule has 0 radical (unpaired) electrons. The van der Waals surface area contributed by atoms with E-state index in [2.05, 4.69) is 40.5 Å². The molecule has 0 unspecified atom stereocenters. The van der Waals surface area contributed by atoms with Crippen LogP contribution in [0, 0.1) is 0 Å². The SMILES string of the molecule is Nn1c(Cc2cccc3ccccc23)nnc1SCc1ccc2c(c1)OCO2. The van der Waals surface area contributed by atoms with Gasteiger partial charge in [-0.3, -0.25) is 0 Å². The van der Waals surface area contributed by atoms with Crippen molar-refractivity contribution in [3.63, 3.8) is 0 Å².